The summed E-state index contributed by atoms with van der Waals surface area (Å²) >= 11 is 3.32. The number of ether oxygens (including phenoxy) is 2. The van der Waals surface area contributed by atoms with E-state index in [2.05, 4.69) is 15.9 Å². The summed E-state index contributed by atoms with van der Waals surface area (Å²) in [7, 11) is 0. The molecule has 1 aliphatic rings. The molecule has 3 aromatic rings. The van der Waals surface area contributed by atoms with Crippen molar-refractivity contribution in [3.8, 4) is 11.5 Å². The molecule has 0 spiro atoms. The van der Waals surface area contributed by atoms with Crippen molar-refractivity contribution in [3.05, 3.63) is 87.5 Å². The van der Waals surface area contributed by atoms with Gasteiger partial charge in [0, 0.05) is 16.6 Å². The van der Waals surface area contributed by atoms with Crippen LogP contribution in [0, 0.1) is 6.92 Å². The average Bonchev–Trinajstić information content (AvgIpc) is 3.19. The molecule has 6 heteroatoms. The fraction of sp³-hybridized carbons (Fsp3) is 0.0476. The molecule has 0 atom stereocenters. The van der Waals surface area contributed by atoms with Gasteiger partial charge in [0.25, 0.3) is 0 Å². The largest absolute Gasteiger partial charge is 0.462 e. The molecular formula is C21H13BrO5. The number of hydrogen-bond donors (Lipinski definition) is 0. The molecule has 2 heterocycles. The highest BCUT2D eigenvalue weighted by molar-refractivity contribution is 9.10. The second kappa shape index (κ2) is 6.89. The molecule has 0 saturated heterocycles. The van der Waals surface area contributed by atoms with E-state index in [0.29, 0.717) is 28.4 Å². The first-order valence-corrected chi connectivity index (χ1v) is 8.91. The van der Waals surface area contributed by atoms with Crippen molar-refractivity contribution in [3.63, 3.8) is 0 Å². The van der Waals surface area contributed by atoms with E-state index in [1.807, 2.05) is 6.92 Å². The number of Topliss-reactive ketones (excluding diaryl/α,β-unsaturated/α-hetero) is 1. The molecule has 1 aliphatic heterocycles. The summed E-state index contributed by atoms with van der Waals surface area (Å²) in [5, 5.41) is 0. The van der Waals surface area contributed by atoms with Gasteiger partial charge >= 0.3 is 5.97 Å². The van der Waals surface area contributed by atoms with Crippen LogP contribution >= 0.6 is 15.9 Å². The van der Waals surface area contributed by atoms with Gasteiger partial charge in [-0.15, -0.1) is 0 Å². The Morgan fingerprint density at radius 3 is 2.56 bits per heavy atom. The van der Waals surface area contributed by atoms with E-state index in [0.717, 1.165) is 10.2 Å². The van der Waals surface area contributed by atoms with Crippen LogP contribution in [0.2, 0.25) is 0 Å². The van der Waals surface area contributed by atoms with Crippen LogP contribution in [0.25, 0.3) is 6.08 Å². The molecule has 0 N–H and O–H groups in total. The van der Waals surface area contributed by atoms with Gasteiger partial charge in [0.2, 0.25) is 5.78 Å². The summed E-state index contributed by atoms with van der Waals surface area (Å²) in [5.41, 5.74) is 0.831. The highest BCUT2D eigenvalue weighted by Crippen LogP contribution is 2.35. The van der Waals surface area contributed by atoms with Crippen molar-refractivity contribution in [1.82, 2.24) is 0 Å². The van der Waals surface area contributed by atoms with Crippen molar-refractivity contribution in [2.24, 2.45) is 0 Å². The van der Waals surface area contributed by atoms with E-state index in [1.54, 1.807) is 54.6 Å². The topological polar surface area (TPSA) is 65.7 Å². The van der Waals surface area contributed by atoms with E-state index in [4.69, 9.17) is 13.9 Å². The molecule has 0 unspecified atom stereocenters. The first kappa shape index (κ1) is 17.3. The third-order valence-electron chi connectivity index (χ3n) is 3.97. The number of carbonyl (C=O) groups excluding carboxylic acids is 2. The summed E-state index contributed by atoms with van der Waals surface area (Å²) in [6.07, 6.45) is 1.54. The van der Waals surface area contributed by atoms with Gasteiger partial charge in [-0.05, 0) is 55.5 Å². The van der Waals surface area contributed by atoms with Crippen LogP contribution in [0.5, 0.6) is 11.5 Å². The second-order valence-electron chi connectivity index (χ2n) is 5.94. The number of hydrogen-bond acceptors (Lipinski definition) is 5. The van der Waals surface area contributed by atoms with Crippen LogP contribution < -0.4 is 9.47 Å². The molecule has 0 bridgehead atoms. The van der Waals surface area contributed by atoms with Gasteiger partial charge in [0.05, 0.1) is 11.1 Å². The molecule has 1 aromatic heterocycles. The lowest BCUT2D eigenvalue weighted by atomic mass is 10.1. The number of furan rings is 1. The third-order valence-corrected chi connectivity index (χ3v) is 4.50. The van der Waals surface area contributed by atoms with Gasteiger partial charge in [-0.25, -0.2) is 4.79 Å². The highest BCUT2D eigenvalue weighted by atomic mass is 79.9. The highest BCUT2D eigenvalue weighted by Gasteiger charge is 2.28. The molecule has 2 aromatic carbocycles. The number of esters is 1. The predicted molar refractivity (Wildman–Crippen MR) is 102 cm³/mol. The van der Waals surface area contributed by atoms with E-state index in [9.17, 15) is 9.59 Å². The number of allylic oxidation sites excluding steroid dienone is 1. The van der Waals surface area contributed by atoms with Gasteiger partial charge in [0.15, 0.2) is 5.76 Å². The molecule has 0 fully saturated rings. The van der Waals surface area contributed by atoms with E-state index < -0.39 is 5.97 Å². The van der Waals surface area contributed by atoms with Gasteiger partial charge in [-0.3, -0.25) is 4.79 Å². The normalized spacial score (nSPS) is 14.1. The lowest BCUT2D eigenvalue weighted by molar-refractivity contribution is 0.0734. The molecule has 0 radical (unpaired) electrons. The zero-order valence-corrected chi connectivity index (χ0v) is 15.8. The summed E-state index contributed by atoms with van der Waals surface area (Å²) in [4.78, 5) is 24.7. The monoisotopic (exact) mass is 424 g/mol. The Labute approximate surface area is 163 Å². The number of ketones is 1. The molecular weight excluding hydrogens is 412 g/mol. The Hall–Kier alpha value is -3.12. The molecule has 27 heavy (non-hydrogen) atoms. The number of rotatable bonds is 3. The Bertz CT molecular complexity index is 1080. The standard InChI is InChI=1S/C21H13BrO5/c1-12-2-7-15(25-12)11-19-20(23)17-9-8-16(10-18(17)27-19)26-21(24)13-3-5-14(22)6-4-13/h2-11H,1H3. The van der Waals surface area contributed by atoms with Crippen LogP contribution in [-0.2, 0) is 0 Å². The third kappa shape index (κ3) is 3.57. The fourth-order valence-corrected chi connectivity index (χ4v) is 2.91. The molecule has 5 nitrogen and oxygen atoms in total. The molecule has 0 saturated carbocycles. The predicted octanol–water partition coefficient (Wildman–Crippen LogP) is 5.19. The molecule has 134 valence electrons. The van der Waals surface area contributed by atoms with Gasteiger partial charge in [0.1, 0.15) is 23.0 Å². The Balaban J connectivity index is 1.54. The van der Waals surface area contributed by atoms with Crippen LogP contribution in [-0.4, -0.2) is 11.8 Å². The van der Waals surface area contributed by atoms with E-state index >= 15 is 0 Å². The quantitative estimate of drug-likeness (QED) is 0.329. The van der Waals surface area contributed by atoms with Crippen molar-refractivity contribution in [2.75, 3.05) is 0 Å². The Morgan fingerprint density at radius 2 is 1.85 bits per heavy atom. The summed E-state index contributed by atoms with van der Waals surface area (Å²) in [6.45, 7) is 1.82. The van der Waals surface area contributed by atoms with E-state index in [1.165, 1.54) is 6.07 Å². The summed E-state index contributed by atoms with van der Waals surface area (Å²) in [5.74, 6) is 1.34. The van der Waals surface area contributed by atoms with Gasteiger partial charge in [-0.1, -0.05) is 15.9 Å². The van der Waals surface area contributed by atoms with Crippen molar-refractivity contribution >= 4 is 33.8 Å². The minimum absolute atomic E-state index is 0.163. The molecule has 0 aliphatic carbocycles. The number of carbonyl (C=O) groups is 2. The second-order valence-corrected chi connectivity index (χ2v) is 6.86. The van der Waals surface area contributed by atoms with Crippen LogP contribution in [0.3, 0.4) is 0 Å². The SMILES string of the molecule is Cc1ccc(C=C2Oc3cc(OC(=O)c4ccc(Br)cc4)ccc3C2=O)o1. The van der Waals surface area contributed by atoms with Crippen molar-refractivity contribution < 1.29 is 23.5 Å². The number of halogens is 1. The zero-order valence-electron chi connectivity index (χ0n) is 14.2. The van der Waals surface area contributed by atoms with E-state index in [-0.39, 0.29) is 11.5 Å². The van der Waals surface area contributed by atoms with Crippen LogP contribution in [0.15, 0.2) is 69.2 Å². The lowest BCUT2D eigenvalue weighted by Crippen LogP contribution is -2.08. The first-order valence-electron chi connectivity index (χ1n) is 8.12. The maximum atomic E-state index is 12.4. The maximum Gasteiger partial charge on any atom is 0.343 e. The first-order chi connectivity index (χ1) is 13.0. The van der Waals surface area contributed by atoms with Crippen molar-refractivity contribution in [1.29, 1.82) is 0 Å². The zero-order chi connectivity index (χ0) is 19.0. The minimum Gasteiger partial charge on any atom is -0.462 e. The number of aryl methyl sites for hydroxylation is 1. The summed E-state index contributed by atoms with van der Waals surface area (Å²) in [6, 6.07) is 15.1. The van der Waals surface area contributed by atoms with Gasteiger partial charge in [-0.2, -0.15) is 0 Å². The van der Waals surface area contributed by atoms with Crippen LogP contribution in [0.1, 0.15) is 32.2 Å². The summed E-state index contributed by atoms with van der Waals surface area (Å²) < 4.78 is 17.3. The number of benzene rings is 2. The van der Waals surface area contributed by atoms with Crippen molar-refractivity contribution in [2.45, 2.75) is 6.92 Å². The van der Waals surface area contributed by atoms with Gasteiger partial charge < -0.3 is 13.9 Å². The fourth-order valence-electron chi connectivity index (χ4n) is 2.64. The minimum atomic E-state index is -0.492. The Morgan fingerprint density at radius 1 is 1.07 bits per heavy atom. The van der Waals surface area contributed by atoms with Crippen LogP contribution in [0.4, 0.5) is 0 Å². The maximum absolute atomic E-state index is 12.4. The average molecular weight is 425 g/mol. The Kier molecular flexibility index (Phi) is 4.41. The smallest absolute Gasteiger partial charge is 0.343 e. The molecule has 4 rings (SSSR count). The lowest BCUT2D eigenvalue weighted by Gasteiger charge is -2.05. The molecule has 0 amide bonds. The number of fused-ring (bicyclic) bond motifs is 1.